The summed E-state index contributed by atoms with van der Waals surface area (Å²) in [6, 6.07) is 8.17. The molecule has 0 atom stereocenters. The van der Waals surface area contributed by atoms with Gasteiger partial charge in [0, 0.05) is 41.7 Å². The SMILES string of the molecule is CC(C)(C)SCC(=O)N1CCN(c2nncc3ccccc23)CC1. The number of thioether (sulfide) groups is 1. The van der Waals surface area contributed by atoms with Crippen LogP contribution in [-0.2, 0) is 4.79 Å². The molecule has 128 valence electrons. The molecule has 0 unspecified atom stereocenters. The van der Waals surface area contributed by atoms with E-state index < -0.39 is 0 Å². The highest BCUT2D eigenvalue weighted by Gasteiger charge is 2.24. The molecule has 0 aliphatic carbocycles. The maximum absolute atomic E-state index is 12.4. The van der Waals surface area contributed by atoms with Gasteiger partial charge in [0.1, 0.15) is 0 Å². The van der Waals surface area contributed by atoms with Crippen molar-refractivity contribution in [3.63, 3.8) is 0 Å². The van der Waals surface area contributed by atoms with Crippen molar-refractivity contribution < 1.29 is 4.79 Å². The van der Waals surface area contributed by atoms with E-state index in [1.165, 1.54) is 0 Å². The lowest BCUT2D eigenvalue weighted by molar-refractivity contribution is -0.128. The zero-order valence-electron chi connectivity index (χ0n) is 14.5. The topological polar surface area (TPSA) is 49.3 Å². The predicted molar refractivity (Wildman–Crippen MR) is 101 cm³/mol. The Bertz CT molecular complexity index is 715. The van der Waals surface area contributed by atoms with Crippen molar-refractivity contribution >= 4 is 34.3 Å². The summed E-state index contributed by atoms with van der Waals surface area (Å²) in [5, 5.41) is 10.7. The van der Waals surface area contributed by atoms with E-state index in [1.54, 1.807) is 18.0 Å². The molecule has 2 aromatic rings. The smallest absolute Gasteiger partial charge is 0.232 e. The van der Waals surface area contributed by atoms with Gasteiger partial charge in [-0.15, -0.1) is 16.9 Å². The van der Waals surface area contributed by atoms with Gasteiger partial charge < -0.3 is 9.80 Å². The van der Waals surface area contributed by atoms with E-state index in [4.69, 9.17) is 0 Å². The Morgan fingerprint density at radius 2 is 1.88 bits per heavy atom. The average molecular weight is 344 g/mol. The molecule has 0 N–H and O–H groups in total. The van der Waals surface area contributed by atoms with Crippen molar-refractivity contribution in [2.75, 3.05) is 36.8 Å². The second-order valence-electron chi connectivity index (χ2n) is 7.02. The van der Waals surface area contributed by atoms with E-state index in [0.717, 1.165) is 42.8 Å². The molecule has 1 saturated heterocycles. The van der Waals surface area contributed by atoms with Crippen LogP contribution in [0.25, 0.3) is 10.8 Å². The predicted octanol–water partition coefficient (Wildman–Crippen LogP) is 2.81. The first-order valence-electron chi connectivity index (χ1n) is 8.31. The first kappa shape index (κ1) is 17.0. The van der Waals surface area contributed by atoms with Crippen LogP contribution in [0.3, 0.4) is 0 Å². The monoisotopic (exact) mass is 344 g/mol. The van der Waals surface area contributed by atoms with Crippen LogP contribution < -0.4 is 4.90 Å². The van der Waals surface area contributed by atoms with Crippen LogP contribution in [0.4, 0.5) is 5.82 Å². The van der Waals surface area contributed by atoms with Crippen LogP contribution in [-0.4, -0.2) is 57.7 Å². The lowest BCUT2D eigenvalue weighted by atomic mass is 10.1. The van der Waals surface area contributed by atoms with Crippen molar-refractivity contribution in [2.24, 2.45) is 0 Å². The molecular formula is C18H24N4OS. The summed E-state index contributed by atoms with van der Waals surface area (Å²) in [6.07, 6.45) is 1.79. The Morgan fingerprint density at radius 1 is 1.17 bits per heavy atom. The van der Waals surface area contributed by atoms with Crippen LogP contribution in [0.15, 0.2) is 30.5 Å². The Balaban J connectivity index is 1.63. The number of aromatic nitrogens is 2. The van der Waals surface area contributed by atoms with Gasteiger partial charge in [-0.1, -0.05) is 45.0 Å². The number of carbonyl (C=O) groups is 1. The maximum Gasteiger partial charge on any atom is 0.232 e. The van der Waals surface area contributed by atoms with Crippen molar-refractivity contribution in [3.8, 4) is 0 Å². The highest BCUT2D eigenvalue weighted by molar-refractivity contribution is 8.01. The van der Waals surface area contributed by atoms with E-state index in [2.05, 4.69) is 48.0 Å². The standard InChI is InChI=1S/C18H24N4OS/c1-18(2,3)24-13-16(23)21-8-10-22(11-9-21)17-15-7-5-4-6-14(15)12-19-20-17/h4-7,12H,8-11,13H2,1-3H3. The van der Waals surface area contributed by atoms with Crippen molar-refractivity contribution in [3.05, 3.63) is 30.5 Å². The number of nitrogens with zero attached hydrogens (tertiary/aromatic N) is 4. The van der Waals surface area contributed by atoms with Crippen molar-refractivity contribution in [1.82, 2.24) is 15.1 Å². The normalized spacial score (nSPS) is 15.8. The van der Waals surface area contributed by atoms with Gasteiger partial charge in [0.2, 0.25) is 5.91 Å². The van der Waals surface area contributed by atoms with Gasteiger partial charge in [0.25, 0.3) is 0 Å². The number of benzene rings is 1. The largest absolute Gasteiger partial charge is 0.351 e. The fourth-order valence-electron chi connectivity index (χ4n) is 2.78. The van der Waals surface area contributed by atoms with Crippen LogP contribution in [0.1, 0.15) is 20.8 Å². The molecule has 3 rings (SSSR count). The second-order valence-corrected chi connectivity index (χ2v) is 8.83. The summed E-state index contributed by atoms with van der Waals surface area (Å²) < 4.78 is 0.121. The lowest BCUT2D eigenvalue weighted by Crippen LogP contribution is -2.49. The van der Waals surface area contributed by atoms with Gasteiger partial charge in [-0.05, 0) is 0 Å². The minimum absolute atomic E-state index is 0.121. The molecule has 24 heavy (non-hydrogen) atoms. The van der Waals surface area contributed by atoms with E-state index in [9.17, 15) is 4.79 Å². The quantitative estimate of drug-likeness (QED) is 0.857. The minimum atomic E-state index is 0.121. The molecule has 1 fully saturated rings. The van der Waals surface area contributed by atoms with Crippen molar-refractivity contribution in [1.29, 1.82) is 0 Å². The van der Waals surface area contributed by atoms with E-state index in [0.29, 0.717) is 5.75 Å². The number of rotatable bonds is 3. The molecule has 1 amide bonds. The number of hydrogen-bond donors (Lipinski definition) is 0. The summed E-state index contributed by atoms with van der Waals surface area (Å²) in [7, 11) is 0. The maximum atomic E-state index is 12.4. The van der Waals surface area contributed by atoms with Gasteiger partial charge in [-0.25, -0.2) is 0 Å². The number of fused-ring (bicyclic) bond motifs is 1. The number of piperazine rings is 1. The first-order chi connectivity index (χ1) is 11.4. The molecule has 1 aromatic carbocycles. The van der Waals surface area contributed by atoms with Gasteiger partial charge in [-0.3, -0.25) is 4.79 Å². The fourth-order valence-corrected chi connectivity index (χ4v) is 3.52. The van der Waals surface area contributed by atoms with Crippen LogP contribution in [0, 0.1) is 0 Å². The molecule has 0 spiro atoms. The molecule has 1 aliphatic heterocycles. The second kappa shape index (κ2) is 6.97. The number of carbonyl (C=O) groups excluding carboxylic acids is 1. The molecule has 6 heteroatoms. The average Bonchev–Trinajstić information content (AvgIpc) is 2.59. The Labute approximate surface area is 147 Å². The highest BCUT2D eigenvalue weighted by atomic mass is 32.2. The third-order valence-corrected chi connectivity index (χ3v) is 5.37. The van der Waals surface area contributed by atoms with Gasteiger partial charge in [-0.2, -0.15) is 5.10 Å². The van der Waals surface area contributed by atoms with E-state index >= 15 is 0 Å². The number of anilines is 1. The van der Waals surface area contributed by atoms with E-state index in [-0.39, 0.29) is 10.7 Å². The molecule has 1 aliphatic rings. The first-order valence-corrected chi connectivity index (χ1v) is 9.30. The number of hydrogen-bond acceptors (Lipinski definition) is 5. The summed E-state index contributed by atoms with van der Waals surface area (Å²) >= 11 is 1.71. The zero-order chi connectivity index (χ0) is 17.2. The molecule has 0 saturated carbocycles. The summed E-state index contributed by atoms with van der Waals surface area (Å²) in [5.41, 5.74) is 0. The molecule has 2 heterocycles. The molecule has 1 aromatic heterocycles. The minimum Gasteiger partial charge on any atom is -0.351 e. The fraction of sp³-hybridized carbons (Fsp3) is 0.500. The summed E-state index contributed by atoms with van der Waals surface area (Å²) in [6.45, 7) is 9.51. The highest BCUT2D eigenvalue weighted by Crippen LogP contribution is 2.25. The third kappa shape index (κ3) is 3.98. The number of amides is 1. The third-order valence-electron chi connectivity index (χ3n) is 4.11. The Kier molecular flexibility index (Phi) is 4.94. The van der Waals surface area contributed by atoms with E-state index in [1.807, 2.05) is 17.0 Å². The molecule has 5 nitrogen and oxygen atoms in total. The van der Waals surface area contributed by atoms with Crippen molar-refractivity contribution in [2.45, 2.75) is 25.5 Å². The van der Waals surface area contributed by atoms with Crippen LogP contribution in [0.2, 0.25) is 0 Å². The van der Waals surface area contributed by atoms with Crippen LogP contribution in [0.5, 0.6) is 0 Å². The molecule has 0 radical (unpaired) electrons. The Morgan fingerprint density at radius 3 is 2.58 bits per heavy atom. The Hall–Kier alpha value is -1.82. The van der Waals surface area contributed by atoms with Crippen LogP contribution >= 0.6 is 11.8 Å². The molecular weight excluding hydrogens is 320 g/mol. The zero-order valence-corrected chi connectivity index (χ0v) is 15.3. The summed E-state index contributed by atoms with van der Waals surface area (Å²) in [5.74, 6) is 1.71. The van der Waals surface area contributed by atoms with Gasteiger partial charge in [0.05, 0.1) is 11.9 Å². The molecule has 0 bridgehead atoms. The van der Waals surface area contributed by atoms with Gasteiger partial charge >= 0.3 is 0 Å². The van der Waals surface area contributed by atoms with Gasteiger partial charge in [0.15, 0.2) is 5.82 Å². The summed E-state index contributed by atoms with van der Waals surface area (Å²) in [4.78, 5) is 16.6. The lowest BCUT2D eigenvalue weighted by Gasteiger charge is -2.36.